The summed E-state index contributed by atoms with van der Waals surface area (Å²) in [6, 6.07) is 19.9. The molecule has 0 aliphatic carbocycles. The van der Waals surface area contributed by atoms with Crippen molar-refractivity contribution in [2.24, 2.45) is 10.8 Å². The van der Waals surface area contributed by atoms with E-state index in [1.807, 2.05) is 105 Å². The van der Waals surface area contributed by atoms with Gasteiger partial charge in [0, 0.05) is 17.8 Å². The van der Waals surface area contributed by atoms with Crippen LogP contribution in [0, 0.1) is 10.8 Å². The van der Waals surface area contributed by atoms with Crippen molar-refractivity contribution in [1.29, 1.82) is 0 Å². The Morgan fingerprint density at radius 1 is 0.816 bits per heavy atom. The number of carbonyl (C=O) groups excluding carboxylic acids is 2. The Morgan fingerprint density at radius 2 is 1.42 bits per heavy atom. The Morgan fingerprint density at radius 3 is 2.05 bits per heavy atom. The number of carbonyl (C=O) groups is 2. The molecule has 38 heavy (non-hydrogen) atoms. The first kappa shape index (κ1) is 27.1. The summed E-state index contributed by atoms with van der Waals surface area (Å²) in [7, 11) is 0. The zero-order valence-corrected chi connectivity index (χ0v) is 22.9. The summed E-state index contributed by atoms with van der Waals surface area (Å²) in [5.41, 5.74) is 1.94. The van der Waals surface area contributed by atoms with Gasteiger partial charge in [0.05, 0.1) is 17.5 Å². The maximum absolute atomic E-state index is 13.9. The minimum atomic E-state index is -0.699. The fraction of sp³-hybridized carbons (Fsp3) is 0.294. The van der Waals surface area contributed by atoms with E-state index < -0.39 is 10.8 Å². The van der Waals surface area contributed by atoms with Gasteiger partial charge in [0.15, 0.2) is 0 Å². The van der Waals surface area contributed by atoms with Gasteiger partial charge < -0.3 is 9.80 Å². The molecule has 2 aliphatic heterocycles. The van der Waals surface area contributed by atoms with Crippen molar-refractivity contribution in [1.82, 2.24) is 9.80 Å². The van der Waals surface area contributed by atoms with Crippen LogP contribution in [-0.4, -0.2) is 21.6 Å². The van der Waals surface area contributed by atoms with Gasteiger partial charge in [-0.25, -0.2) is 0 Å². The summed E-state index contributed by atoms with van der Waals surface area (Å²) in [6.07, 6.45) is 16.8. The van der Waals surface area contributed by atoms with Gasteiger partial charge in [-0.2, -0.15) is 0 Å². The molecule has 2 unspecified atom stereocenters. The Bertz CT molecular complexity index is 1280. The van der Waals surface area contributed by atoms with Gasteiger partial charge in [0.25, 0.3) is 0 Å². The van der Waals surface area contributed by atoms with Crippen molar-refractivity contribution in [3.05, 3.63) is 133 Å². The van der Waals surface area contributed by atoms with Crippen LogP contribution in [0.5, 0.6) is 0 Å². The van der Waals surface area contributed by atoms with Crippen molar-refractivity contribution in [3.8, 4) is 0 Å². The third-order valence-corrected chi connectivity index (χ3v) is 7.54. The number of hydrogen-bond acceptors (Lipinski definition) is 2. The Balaban J connectivity index is 1.57. The van der Waals surface area contributed by atoms with Crippen LogP contribution in [0.25, 0.3) is 0 Å². The van der Waals surface area contributed by atoms with E-state index in [0.29, 0.717) is 12.8 Å². The summed E-state index contributed by atoms with van der Waals surface area (Å²) in [6.45, 7) is 11.7. The van der Waals surface area contributed by atoms with Gasteiger partial charge in [-0.05, 0) is 55.5 Å². The molecule has 2 atom stereocenters. The molecule has 196 valence electrons. The SMILES string of the molecule is C=CC(C)(C)C(=O)N1C=CC=C(CCC(C)(C)C(=O)N2C=CC=CC2c2ccccc2)C1c1ccccc1. The van der Waals surface area contributed by atoms with Crippen molar-refractivity contribution >= 4 is 11.8 Å². The van der Waals surface area contributed by atoms with Crippen molar-refractivity contribution in [2.45, 2.75) is 52.6 Å². The van der Waals surface area contributed by atoms with Crippen LogP contribution >= 0.6 is 0 Å². The second-order valence-electron chi connectivity index (χ2n) is 11.2. The zero-order valence-electron chi connectivity index (χ0n) is 22.9. The summed E-state index contributed by atoms with van der Waals surface area (Å²) < 4.78 is 0. The first-order valence-electron chi connectivity index (χ1n) is 13.3. The van der Waals surface area contributed by atoms with E-state index >= 15 is 0 Å². The van der Waals surface area contributed by atoms with Gasteiger partial charge >= 0.3 is 0 Å². The Labute approximate surface area is 227 Å². The molecule has 4 rings (SSSR count). The molecule has 4 heteroatoms. The van der Waals surface area contributed by atoms with E-state index in [1.54, 1.807) is 6.08 Å². The topological polar surface area (TPSA) is 40.6 Å². The number of rotatable bonds is 8. The fourth-order valence-corrected chi connectivity index (χ4v) is 4.98. The van der Waals surface area contributed by atoms with Gasteiger partial charge in [-0.1, -0.05) is 98.8 Å². The molecule has 0 radical (unpaired) electrons. The van der Waals surface area contributed by atoms with Gasteiger partial charge in [0.1, 0.15) is 0 Å². The van der Waals surface area contributed by atoms with E-state index in [-0.39, 0.29) is 23.9 Å². The number of amides is 2. The molecule has 0 spiro atoms. The number of allylic oxidation sites excluding steroid dienone is 4. The van der Waals surface area contributed by atoms with Gasteiger partial charge in [-0.15, -0.1) is 6.58 Å². The van der Waals surface area contributed by atoms with Crippen LogP contribution in [0.15, 0.2) is 122 Å². The van der Waals surface area contributed by atoms with E-state index in [1.165, 1.54) is 0 Å². The molecular formula is C34H38N2O2. The maximum Gasteiger partial charge on any atom is 0.236 e. The second-order valence-corrected chi connectivity index (χ2v) is 11.2. The zero-order chi connectivity index (χ0) is 27.3. The van der Waals surface area contributed by atoms with E-state index in [9.17, 15) is 9.59 Å². The molecular weight excluding hydrogens is 468 g/mol. The third-order valence-electron chi connectivity index (χ3n) is 7.54. The molecule has 4 nitrogen and oxygen atoms in total. The lowest BCUT2D eigenvalue weighted by Gasteiger charge is -2.39. The van der Waals surface area contributed by atoms with E-state index in [4.69, 9.17) is 0 Å². The Hall–Kier alpha value is -3.92. The molecule has 0 saturated carbocycles. The summed E-state index contributed by atoms with van der Waals surface area (Å²) in [5.74, 6) is 0.0744. The molecule has 2 aromatic carbocycles. The molecule has 0 N–H and O–H groups in total. The highest BCUT2D eigenvalue weighted by Gasteiger charge is 2.38. The highest BCUT2D eigenvalue weighted by atomic mass is 16.2. The predicted octanol–water partition coefficient (Wildman–Crippen LogP) is 7.68. The van der Waals surface area contributed by atoms with Crippen LogP contribution < -0.4 is 0 Å². The molecule has 0 saturated heterocycles. The normalized spacial score (nSPS) is 19.3. The average molecular weight is 507 g/mol. The van der Waals surface area contributed by atoms with Crippen LogP contribution in [0.2, 0.25) is 0 Å². The lowest BCUT2D eigenvalue weighted by Crippen LogP contribution is -2.41. The largest absolute Gasteiger partial charge is 0.308 e. The van der Waals surface area contributed by atoms with Crippen molar-refractivity contribution < 1.29 is 9.59 Å². The fourth-order valence-electron chi connectivity index (χ4n) is 4.98. The van der Waals surface area contributed by atoms with Crippen LogP contribution in [0.4, 0.5) is 0 Å². The Kier molecular flexibility index (Phi) is 8.01. The minimum Gasteiger partial charge on any atom is -0.308 e. The highest BCUT2D eigenvalue weighted by Crippen LogP contribution is 2.40. The highest BCUT2D eigenvalue weighted by molar-refractivity contribution is 5.86. The average Bonchev–Trinajstić information content (AvgIpc) is 2.96. The standard InChI is InChI=1S/C34H38N2O2/c1-6-33(2,3)31(37)36-25-15-20-28(30(36)27-18-11-8-12-19-27)22-23-34(4,5)32(38)35-24-14-13-21-29(35)26-16-9-7-10-17-26/h6-21,24-25,29-30H,1,22-23H2,2-5H3. The molecule has 0 aromatic heterocycles. The number of benzene rings is 2. The first-order chi connectivity index (χ1) is 18.2. The number of hydrogen-bond donors (Lipinski definition) is 0. The molecule has 0 bridgehead atoms. The summed E-state index contributed by atoms with van der Waals surface area (Å²) in [5, 5.41) is 0. The lowest BCUT2D eigenvalue weighted by molar-refractivity contribution is -0.139. The van der Waals surface area contributed by atoms with Crippen LogP contribution in [0.3, 0.4) is 0 Å². The number of nitrogens with zero attached hydrogens (tertiary/aromatic N) is 2. The predicted molar refractivity (Wildman–Crippen MR) is 155 cm³/mol. The molecule has 2 aliphatic rings. The molecule has 2 heterocycles. The summed E-state index contributed by atoms with van der Waals surface area (Å²) >= 11 is 0. The van der Waals surface area contributed by atoms with Crippen molar-refractivity contribution in [3.63, 3.8) is 0 Å². The third kappa shape index (κ3) is 5.65. The monoisotopic (exact) mass is 506 g/mol. The van der Waals surface area contributed by atoms with Gasteiger partial charge in [0.2, 0.25) is 11.8 Å². The maximum atomic E-state index is 13.9. The van der Waals surface area contributed by atoms with Crippen LogP contribution in [0.1, 0.15) is 63.7 Å². The quantitative estimate of drug-likeness (QED) is 0.345. The van der Waals surface area contributed by atoms with Crippen LogP contribution in [-0.2, 0) is 9.59 Å². The lowest BCUT2D eigenvalue weighted by atomic mass is 9.80. The minimum absolute atomic E-state index is 0.00511. The first-order valence-corrected chi connectivity index (χ1v) is 13.3. The smallest absolute Gasteiger partial charge is 0.236 e. The second kappa shape index (κ2) is 11.2. The van der Waals surface area contributed by atoms with Gasteiger partial charge in [-0.3, -0.25) is 9.59 Å². The molecule has 2 amide bonds. The molecule has 0 fully saturated rings. The summed E-state index contributed by atoms with van der Waals surface area (Å²) in [4.78, 5) is 31.1. The van der Waals surface area contributed by atoms with E-state index in [2.05, 4.69) is 43.0 Å². The van der Waals surface area contributed by atoms with E-state index in [0.717, 1.165) is 16.7 Å². The molecule has 2 aromatic rings. The van der Waals surface area contributed by atoms with Crippen molar-refractivity contribution in [2.75, 3.05) is 0 Å².